The van der Waals surface area contributed by atoms with Crippen LogP contribution in [0.2, 0.25) is 5.02 Å². The third-order valence-electron chi connectivity index (χ3n) is 5.75. The lowest BCUT2D eigenvalue weighted by Crippen LogP contribution is -2.24. The van der Waals surface area contributed by atoms with E-state index in [-0.39, 0.29) is 5.56 Å². The number of benzene rings is 1. The van der Waals surface area contributed by atoms with Crippen LogP contribution in [0.4, 0.5) is 5.95 Å². The fourth-order valence-corrected chi connectivity index (χ4v) is 4.30. The minimum atomic E-state index is -0.195. The average molecular weight is 521 g/mol. The summed E-state index contributed by atoms with van der Waals surface area (Å²) < 4.78 is 7.21. The Morgan fingerprint density at radius 2 is 1.97 bits per heavy atom. The highest BCUT2D eigenvalue weighted by atomic mass is 35.5. The van der Waals surface area contributed by atoms with Crippen LogP contribution in [-0.4, -0.2) is 52.2 Å². The first-order chi connectivity index (χ1) is 18.0. The first-order valence-corrected chi connectivity index (χ1v) is 12.5. The molecule has 3 heterocycles. The van der Waals surface area contributed by atoms with Gasteiger partial charge in [0, 0.05) is 65.2 Å². The van der Waals surface area contributed by atoms with Crippen molar-refractivity contribution >= 4 is 35.0 Å². The number of nitrogens with zero attached hydrogens (tertiary/aromatic N) is 4. The predicted molar refractivity (Wildman–Crippen MR) is 146 cm³/mol. The zero-order valence-electron chi connectivity index (χ0n) is 20.8. The molecule has 0 fully saturated rings. The van der Waals surface area contributed by atoms with Gasteiger partial charge < -0.3 is 15.4 Å². The van der Waals surface area contributed by atoms with Crippen LogP contribution in [-0.2, 0) is 16.1 Å². The Morgan fingerprint density at radius 1 is 1.11 bits per heavy atom. The fraction of sp³-hybridized carbons (Fsp3) is 0.296. The number of pyridine rings is 2. The molecule has 3 aromatic heterocycles. The summed E-state index contributed by atoms with van der Waals surface area (Å²) in [4.78, 5) is 37.6. The van der Waals surface area contributed by atoms with E-state index in [0.29, 0.717) is 73.4 Å². The van der Waals surface area contributed by atoms with Crippen LogP contribution in [0.3, 0.4) is 0 Å². The summed E-state index contributed by atoms with van der Waals surface area (Å²) in [5, 5.41) is 6.84. The zero-order valence-corrected chi connectivity index (χ0v) is 21.6. The van der Waals surface area contributed by atoms with Gasteiger partial charge in [-0.25, -0.2) is 4.98 Å². The van der Waals surface area contributed by atoms with Crippen molar-refractivity contribution in [3.63, 3.8) is 0 Å². The lowest BCUT2D eigenvalue weighted by molar-refractivity contribution is -0.109. The van der Waals surface area contributed by atoms with Crippen molar-refractivity contribution in [3.05, 3.63) is 69.7 Å². The molecule has 0 atom stereocenters. The molecule has 0 aliphatic rings. The smallest absolute Gasteiger partial charge is 0.260 e. The lowest BCUT2D eigenvalue weighted by Gasteiger charge is -2.14. The van der Waals surface area contributed by atoms with Crippen molar-refractivity contribution in [1.29, 1.82) is 0 Å². The molecule has 0 saturated heterocycles. The van der Waals surface area contributed by atoms with Crippen LogP contribution in [0, 0.1) is 6.92 Å². The summed E-state index contributed by atoms with van der Waals surface area (Å²) >= 11 is 6.71. The number of hydrogen-bond donors (Lipinski definition) is 2. The number of ether oxygens (including phenoxy) is 1. The van der Waals surface area contributed by atoms with E-state index >= 15 is 0 Å². The summed E-state index contributed by atoms with van der Waals surface area (Å²) in [5.74, 6) is 0.458. The van der Waals surface area contributed by atoms with E-state index in [4.69, 9.17) is 16.3 Å². The second-order valence-corrected chi connectivity index (χ2v) is 8.82. The maximum Gasteiger partial charge on any atom is 0.260 e. The number of anilines is 1. The maximum atomic E-state index is 13.7. The topological polar surface area (TPSA) is 111 Å². The van der Waals surface area contributed by atoms with Crippen LogP contribution < -0.4 is 16.2 Å². The number of carbonyl (C=O) groups excluding carboxylic acids is 1. The molecular formula is C27H29ClN6O3. The van der Waals surface area contributed by atoms with Crippen molar-refractivity contribution < 1.29 is 9.53 Å². The second kappa shape index (κ2) is 12.4. The van der Waals surface area contributed by atoms with Gasteiger partial charge in [0.25, 0.3) is 5.56 Å². The Labute approximate surface area is 219 Å². The number of nitrogens with one attached hydrogen (secondary N) is 2. The van der Waals surface area contributed by atoms with Crippen LogP contribution >= 0.6 is 11.6 Å². The Bertz CT molecular complexity index is 1460. The second-order valence-electron chi connectivity index (χ2n) is 8.41. The highest BCUT2D eigenvalue weighted by molar-refractivity contribution is 6.33. The van der Waals surface area contributed by atoms with Crippen LogP contribution in [0.15, 0.2) is 53.5 Å². The molecule has 4 rings (SSSR count). The van der Waals surface area contributed by atoms with Crippen molar-refractivity contribution in [3.8, 4) is 22.4 Å². The SMILES string of the molecule is CCNc1ncc2cc(-c3ccc(-c4cccc(C)n4)cc3Cl)c(=O)n(CCCOCCNC=O)c2n1. The summed E-state index contributed by atoms with van der Waals surface area (Å²) in [7, 11) is 0. The van der Waals surface area contributed by atoms with E-state index in [1.165, 1.54) is 0 Å². The summed E-state index contributed by atoms with van der Waals surface area (Å²) in [6, 6.07) is 13.2. The van der Waals surface area contributed by atoms with Gasteiger partial charge in [0.1, 0.15) is 5.65 Å². The number of amides is 1. The molecule has 1 aromatic carbocycles. The van der Waals surface area contributed by atoms with Gasteiger partial charge in [0.2, 0.25) is 12.4 Å². The van der Waals surface area contributed by atoms with Gasteiger partial charge in [-0.15, -0.1) is 0 Å². The average Bonchev–Trinajstić information content (AvgIpc) is 2.89. The molecule has 1 amide bonds. The Morgan fingerprint density at radius 3 is 2.73 bits per heavy atom. The van der Waals surface area contributed by atoms with Crippen LogP contribution in [0.1, 0.15) is 19.0 Å². The number of halogens is 1. The molecule has 10 heteroatoms. The fourth-order valence-electron chi connectivity index (χ4n) is 4.02. The lowest BCUT2D eigenvalue weighted by atomic mass is 10.0. The van der Waals surface area contributed by atoms with E-state index in [0.717, 1.165) is 22.3 Å². The number of rotatable bonds is 12. The van der Waals surface area contributed by atoms with Gasteiger partial charge >= 0.3 is 0 Å². The quantitative estimate of drug-likeness (QED) is 0.214. The molecule has 0 aliphatic carbocycles. The minimum Gasteiger partial charge on any atom is -0.380 e. The Hall–Kier alpha value is -3.82. The first kappa shape index (κ1) is 26.2. The molecular weight excluding hydrogens is 492 g/mol. The molecule has 0 bridgehead atoms. The van der Waals surface area contributed by atoms with Gasteiger partial charge in [0.15, 0.2) is 0 Å². The molecule has 4 aromatic rings. The predicted octanol–water partition coefficient (Wildman–Crippen LogP) is 4.07. The van der Waals surface area contributed by atoms with E-state index < -0.39 is 0 Å². The van der Waals surface area contributed by atoms with E-state index in [1.807, 2.05) is 50.2 Å². The highest BCUT2D eigenvalue weighted by Crippen LogP contribution is 2.31. The number of carbonyl (C=O) groups is 1. The number of hydrogen-bond acceptors (Lipinski definition) is 7. The van der Waals surface area contributed by atoms with E-state index in [1.54, 1.807) is 16.8 Å². The zero-order chi connectivity index (χ0) is 26.2. The third-order valence-corrected chi connectivity index (χ3v) is 6.06. The van der Waals surface area contributed by atoms with Gasteiger partial charge in [-0.3, -0.25) is 19.1 Å². The van der Waals surface area contributed by atoms with Gasteiger partial charge in [-0.2, -0.15) is 4.98 Å². The Kier molecular flexibility index (Phi) is 8.81. The van der Waals surface area contributed by atoms with Gasteiger partial charge in [-0.05, 0) is 44.5 Å². The highest BCUT2D eigenvalue weighted by Gasteiger charge is 2.16. The molecule has 0 radical (unpaired) electrons. The maximum absolute atomic E-state index is 13.7. The number of aryl methyl sites for hydroxylation is 2. The molecule has 192 valence electrons. The standard InChI is InChI=1S/C27H29ClN6O3/c1-3-30-27-31-16-20-14-22(21-9-8-19(15-23(21)28)24-7-4-6-18(2)32-24)26(36)34(25(20)33-27)11-5-12-37-13-10-29-17-35/h4,6-9,14-17H,3,5,10-13H2,1-2H3,(H,29,35)(H,30,31,33). The largest absolute Gasteiger partial charge is 0.380 e. The van der Waals surface area contributed by atoms with E-state index in [2.05, 4.69) is 25.6 Å². The normalized spacial score (nSPS) is 11.0. The van der Waals surface area contributed by atoms with E-state index in [9.17, 15) is 9.59 Å². The molecule has 2 N–H and O–H groups in total. The Balaban J connectivity index is 1.70. The molecule has 9 nitrogen and oxygen atoms in total. The summed E-state index contributed by atoms with van der Waals surface area (Å²) in [6.07, 6.45) is 2.93. The molecule has 0 unspecified atom stereocenters. The summed E-state index contributed by atoms with van der Waals surface area (Å²) in [6.45, 7) is 6.23. The van der Waals surface area contributed by atoms with Crippen molar-refractivity contribution in [1.82, 2.24) is 24.8 Å². The monoisotopic (exact) mass is 520 g/mol. The number of aromatic nitrogens is 4. The van der Waals surface area contributed by atoms with Crippen molar-refractivity contribution in [2.75, 3.05) is 31.6 Å². The molecule has 0 spiro atoms. The minimum absolute atomic E-state index is 0.195. The van der Waals surface area contributed by atoms with Crippen LogP contribution in [0.25, 0.3) is 33.4 Å². The van der Waals surface area contributed by atoms with Crippen molar-refractivity contribution in [2.45, 2.75) is 26.8 Å². The summed E-state index contributed by atoms with van der Waals surface area (Å²) in [5.41, 5.74) is 4.05. The van der Waals surface area contributed by atoms with Gasteiger partial charge in [0.05, 0.1) is 12.3 Å². The third kappa shape index (κ3) is 6.31. The molecule has 0 saturated carbocycles. The first-order valence-electron chi connectivity index (χ1n) is 12.1. The van der Waals surface area contributed by atoms with Gasteiger partial charge in [-0.1, -0.05) is 29.8 Å². The van der Waals surface area contributed by atoms with Crippen LogP contribution in [0.5, 0.6) is 0 Å². The molecule has 0 aliphatic heterocycles. The molecule has 37 heavy (non-hydrogen) atoms. The van der Waals surface area contributed by atoms with Crippen molar-refractivity contribution in [2.24, 2.45) is 0 Å². The number of fused-ring (bicyclic) bond motifs is 1.